The monoisotopic (exact) mass is 539 g/mol. The third kappa shape index (κ3) is 4.63. The van der Waals surface area contributed by atoms with Crippen LogP contribution in [0.2, 0.25) is 0 Å². The Morgan fingerprint density at radius 1 is 1.08 bits per heavy atom. The van der Waals surface area contributed by atoms with Crippen LogP contribution in [-0.2, 0) is 19.0 Å². The highest BCUT2D eigenvalue weighted by Gasteiger charge is 2.33. The quantitative estimate of drug-likeness (QED) is 0.355. The summed E-state index contributed by atoms with van der Waals surface area (Å²) in [5, 5.41) is 0.248. The van der Waals surface area contributed by atoms with Gasteiger partial charge in [0.1, 0.15) is 17.1 Å². The number of morpholine rings is 1. The van der Waals surface area contributed by atoms with E-state index < -0.39 is 46.0 Å². The Morgan fingerprint density at radius 3 is 2.51 bits per heavy atom. The van der Waals surface area contributed by atoms with E-state index in [1.54, 1.807) is 38.2 Å². The summed E-state index contributed by atoms with van der Waals surface area (Å²) in [6.45, 7) is 4.19. The molecule has 5 rings (SSSR count). The zero-order valence-corrected chi connectivity index (χ0v) is 21.5. The van der Waals surface area contributed by atoms with E-state index in [1.807, 2.05) is 6.07 Å². The van der Waals surface area contributed by atoms with E-state index in [1.165, 1.54) is 9.47 Å². The SMILES string of the molecule is CCOC(=O)c1cn(C(C(=O)OCC)c2c[nH]c3ccccc23)c2c(F)c(N3CCOCC3)c(F)cc2c1=O. The van der Waals surface area contributed by atoms with Crippen LogP contribution in [0.15, 0.2) is 47.5 Å². The summed E-state index contributed by atoms with van der Waals surface area (Å²) < 4.78 is 48.8. The Labute approximate surface area is 221 Å². The number of rotatable bonds is 7. The first kappa shape index (κ1) is 26.4. The highest BCUT2D eigenvalue weighted by molar-refractivity contribution is 5.97. The van der Waals surface area contributed by atoms with E-state index in [2.05, 4.69) is 4.98 Å². The second-order valence-corrected chi connectivity index (χ2v) is 8.96. The molecule has 0 spiro atoms. The van der Waals surface area contributed by atoms with Gasteiger partial charge in [-0.05, 0) is 26.0 Å². The summed E-state index contributed by atoms with van der Waals surface area (Å²) in [6.07, 6.45) is 2.68. The maximum absolute atomic E-state index is 16.4. The summed E-state index contributed by atoms with van der Waals surface area (Å²) in [7, 11) is 0. The highest BCUT2D eigenvalue weighted by Crippen LogP contribution is 2.35. The molecular weight excluding hydrogens is 512 g/mol. The van der Waals surface area contributed by atoms with Crippen molar-refractivity contribution in [3.05, 3.63) is 75.7 Å². The standard InChI is InChI=1S/C28H27F2N3O6/c1-3-38-27(35)19-15-33(24(28(36)39-4-2)18-14-31-21-8-6-5-7-16(18)21)23-17(26(19)34)13-20(29)25(22(23)30)32-9-11-37-12-10-32/h5-8,13-15,24,31H,3-4,9-12H2,1-2H3. The molecular formula is C28H27F2N3O6. The fourth-order valence-corrected chi connectivity index (χ4v) is 5.00. The predicted octanol–water partition coefficient (Wildman–Crippen LogP) is 3.93. The number of aromatic nitrogens is 2. The van der Waals surface area contributed by atoms with Crippen molar-refractivity contribution in [1.29, 1.82) is 0 Å². The van der Waals surface area contributed by atoms with Crippen LogP contribution < -0.4 is 10.3 Å². The number of halogens is 2. The fraction of sp³-hybridized carbons (Fsp3) is 0.321. The number of nitrogens with zero attached hydrogens (tertiary/aromatic N) is 2. The zero-order chi connectivity index (χ0) is 27.7. The van der Waals surface area contributed by atoms with E-state index in [0.29, 0.717) is 16.5 Å². The minimum atomic E-state index is -1.32. The van der Waals surface area contributed by atoms with Gasteiger partial charge in [-0.1, -0.05) is 18.2 Å². The largest absolute Gasteiger partial charge is 0.464 e. The topological polar surface area (TPSA) is 103 Å². The summed E-state index contributed by atoms with van der Waals surface area (Å²) in [5.74, 6) is -3.73. The Kier molecular flexibility index (Phi) is 7.34. The van der Waals surface area contributed by atoms with Crippen molar-refractivity contribution in [3.8, 4) is 0 Å². The number of hydrogen-bond donors (Lipinski definition) is 1. The molecule has 0 aliphatic carbocycles. The molecule has 0 bridgehead atoms. The number of pyridine rings is 1. The first-order valence-electron chi connectivity index (χ1n) is 12.7. The molecule has 1 aliphatic rings. The molecule has 0 radical (unpaired) electrons. The Balaban J connectivity index is 1.87. The normalized spacial score (nSPS) is 14.5. The third-order valence-corrected chi connectivity index (χ3v) is 6.71. The maximum Gasteiger partial charge on any atom is 0.343 e. The van der Waals surface area contributed by atoms with Gasteiger partial charge in [-0.25, -0.2) is 18.4 Å². The van der Waals surface area contributed by atoms with Gasteiger partial charge in [0.15, 0.2) is 11.9 Å². The smallest absolute Gasteiger partial charge is 0.343 e. The second-order valence-electron chi connectivity index (χ2n) is 8.96. The lowest BCUT2D eigenvalue weighted by Gasteiger charge is -2.30. The van der Waals surface area contributed by atoms with Crippen LogP contribution in [0.5, 0.6) is 0 Å². The van der Waals surface area contributed by atoms with Crippen LogP contribution in [0.1, 0.15) is 35.8 Å². The Hall–Kier alpha value is -4.25. The summed E-state index contributed by atoms with van der Waals surface area (Å²) in [6, 6.07) is 6.76. The van der Waals surface area contributed by atoms with Crippen LogP contribution >= 0.6 is 0 Å². The van der Waals surface area contributed by atoms with Crippen LogP contribution in [0.3, 0.4) is 0 Å². The van der Waals surface area contributed by atoms with Crippen molar-refractivity contribution in [2.45, 2.75) is 19.9 Å². The summed E-state index contributed by atoms with van der Waals surface area (Å²) in [4.78, 5) is 44.3. The maximum atomic E-state index is 16.4. The molecule has 1 saturated heterocycles. The van der Waals surface area contributed by atoms with Crippen molar-refractivity contribution >= 4 is 39.4 Å². The number of para-hydroxylation sites is 1. The number of H-pyrrole nitrogens is 1. The lowest BCUT2D eigenvalue weighted by Crippen LogP contribution is -2.37. The van der Waals surface area contributed by atoms with Gasteiger partial charge in [0.2, 0.25) is 5.43 Å². The van der Waals surface area contributed by atoms with Gasteiger partial charge in [0, 0.05) is 41.9 Å². The van der Waals surface area contributed by atoms with Gasteiger partial charge in [0.25, 0.3) is 0 Å². The first-order chi connectivity index (χ1) is 18.9. The summed E-state index contributed by atoms with van der Waals surface area (Å²) in [5.41, 5.74) is -0.925. The highest BCUT2D eigenvalue weighted by atomic mass is 19.1. The van der Waals surface area contributed by atoms with E-state index in [9.17, 15) is 14.4 Å². The molecule has 3 heterocycles. The molecule has 11 heteroatoms. The molecule has 9 nitrogen and oxygen atoms in total. The minimum absolute atomic E-state index is 0.0245. The number of carbonyl (C=O) groups excluding carboxylic acids is 2. The van der Waals surface area contributed by atoms with Crippen molar-refractivity contribution in [3.63, 3.8) is 0 Å². The van der Waals surface area contributed by atoms with Crippen molar-refractivity contribution < 1.29 is 32.6 Å². The number of anilines is 1. The summed E-state index contributed by atoms with van der Waals surface area (Å²) >= 11 is 0. The molecule has 4 aromatic rings. The fourth-order valence-electron chi connectivity index (χ4n) is 5.00. The molecule has 1 aliphatic heterocycles. The van der Waals surface area contributed by atoms with E-state index in [0.717, 1.165) is 12.3 Å². The van der Waals surface area contributed by atoms with Gasteiger partial charge < -0.3 is 28.7 Å². The van der Waals surface area contributed by atoms with Gasteiger partial charge in [0.05, 0.1) is 37.3 Å². The number of fused-ring (bicyclic) bond motifs is 2. The molecule has 1 N–H and O–H groups in total. The van der Waals surface area contributed by atoms with Crippen molar-refractivity contribution in [2.75, 3.05) is 44.4 Å². The first-order valence-corrected chi connectivity index (χ1v) is 12.7. The van der Waals surface area contributed by atoms with Crippen LogP contribution in [-0.4, -0.2) is 61.0 Å². The van der Waals surface area contributed by atoms with Crippen LogP contribution in [0, 0.1) is 11.6 Å². The third-order valence-electron chi connectivity index (χ3n) is 6.71. The number of nitrogens with one attached hydrogen (secondary N) is 1. The molecule has 1 atom stereocenters. The number of hydrogen-bond acceptors (Lipinski definition) is 7. The molecule has 39 heavy (non-hydrogen) atoms. The van der Waals surface area contributed by atoms with E-state index >= 15 is 8.78 Å². The average Bonchev–Trinajstić information content (AvgIpc) is 3.35. The number of esters is 2. The molecule has 204 valence electrons. The Bertz CT molecular complexity index is 1620. The molecule has 1 unspecified atom stereocenters. The van der Waals surface area contributed by atoms with Crippen LogP contribution in [0.25, 0.3) is 21.8 Å². The zero-order valence-electron chi connectivity index (χ0n) is 21.5. The average molecular weight is 540 g/mol. The number of aromatic amines is 1. The van der Waals surface area contributed by atoms with Gasteiger partial charge in [-0.3, -0.25) is 4.79 Å². The van der Waals surface area contributed by atoms with Crippen LogP contribution in [0.4, 0.5) is 14.5 Å². The van der Waals surface area contributed by atoms with E-state index in [-0.39, 0.29) is 50.7 Å². The number of carbonyl (C=O) groups is 2. The minimum Gasteiger partial charge on any atom is -0.464 e. The van der Waals surface area contributed by atoms with Gasteiger partial charge >= 0.3 is 11.9 Å². The van der Waals surface area contributed by atoms with E-state index in [4.69, 9.17) is 14.2 Å². The molecule has 1 fully saturated rings. The molecule has 0 amide bonds. The van der Waals surface area contributed by atoms with Crippen molar-refractivity contribution in [1.82, 2.24) is 9.55 Å². The number of benzene rings is 2. The molecule has 2 aromatic carbocycles. The second kappa shape index (κ2) is 10.9. The predicted molar refractivity (Wildman–Crippen MR) is 140 cm³/mol. The van der Waals surface area contributed by atoms with Gasteiger partial charge in [-0.2, -0.15) is 0 Å². The Morgan fingerprint density at radius 2 is 1.79 bits per heavy atom. The van der Waals surface area contributed by atoms with Crippen molar-refractivity contribution in [2.24, 2.45) is 0 Å². The molecule has 0 saturated carbocycles. The molecule has 2 aromatic heterocycles. The lowest BCUT2D eigenvalue weighted by molar-refractivity contribution is -0.145. The lowest BCUT2D eigenvalue weighted by atomic mass is 10.0. The van der Waals surface area contributed by atoms with Gasteiger partial charge in [-0.15, -0.1) is 0 Å². The number of ether oxygens (including phenoxy) is 3.